The van der Waals surface area contributed by atoms with E-state index in [-0.39, 0.29) is 11.9 Å². The van der Waals surface area contributed by atoms with Crippen LogP contribution in [-0.2, 0) is 6.42 Å². The van der Waals surface area contributed by atoms with Crippen molar-refractivity contribution in [3.8, 4) is 11.5 Å². The second kappa shape index (κ2) is 7.14. The number of hydrogen-bond donors (Lipinski definition) is 0. The van der Waals surface area contributed by atoms with E-state index in [1.807, 2.05) is 24.0 Å². The van der Waals surface area contributed by atoms with E-state index in [1.165, 1.54) is 5.56 Å². The van der Waals surface area contributed by atoms with E-state index in [0.29, 0.717) is 33.7 Å². The van der Waals surface area contributed by atoms with E-state index in [1.54, 1.807) is 32.4 Å². The molecule has 2 aromatic carbocycles. The largest absolute Gasteiger partial charge is 0.493 e. The molecule has 0 saturated heterocycles. The number of nitrogens with zero attached hydrogens (tertiary/aromatic N) is 1. The van der Waals surface area contributed by atoms with Crippen LogP contribution >= 0.6 is 23.2 Å². The fourth-order valence-electron chi connectivity index (χ4n) is 3.27. The maximum atomic E-state index is 13.0. The number of benzene rings is 2. The zero-order valence-corrected chi connectivity index (χ0v) is 15.8. The average Bonchev–Trinajstić information content (AvgIpc) is 2.59. The predicted molar refractivity (Wildman–Crippen MR) is 99.2 cm³/mol. The van der Waals surface area contributed by atoms with Gasteiger partial charge in [0.1, 0.15) is 0 Å². The fourth-order valence-corrected chi connectivity index (χ4v) is 3.79. The van der Waals surface area contributed by atoms with Crippen molar-refractivity contribution in [1.82, 2.24) is 4.90 Å². The van der Waals surface area contributed by atoms with Gasteiger partial charge in [-0.25, -0.2) is 0 Å². The normalized spacial score (nSPS) is 16.4. The van der Waals surface area contributed by atoms with Crippen molar-refractivity contribution in [3.05, 3.63) is 57.1 Å². The molecule has 0 spiro atoms. The van der Waals surface area contributed by atoms with Gasteiger partial charge in [0.25, 0.3) is 5.91 Å². The summed E-state index contributed by atoms with van der Waals surface area (Å²) in [7, 11) is 3.23. The van der Waals surface area contributed by atoms with E-state index in [0.717, 1.165) is 12.0 Å². The molecular weight excluding hydrogens is 361 g/mol. The molecule has 0 bridgehead atoms. The molecular formula is C19H19Cl2NO3. The highest BCUT2D eigenvalue weighted by Crippen LogP contribution is 2.38. The molecule has 1 amide bonds. The maximum absolute atomic E-state index is 13.0. The third-order valence-electron chi connectivity index (χ3n) is 4.56. The summed E-state index contributed by atoms with van der Waals surface area (Å²) in [6, 6.07) is 8.76. The molecule has 1 atom stereocenters. The number of hydrogen-bond acceptors (Lipinski definition) is 3. The summed E-state index contributed by atoms with van der Waals surface area (Å²) in [5.74, 6) is 1.28. The van der Waals surface area contributed by atoms with Crippen LogP contribution in [0.2, 0.25) is 10.0 Å². The number of rotatable bonds is 3. The van der Waals surface area contributed by atoms with Gasteiger partial charge in [0, 0.05) is 22.2 Å². The van der Waals surface area contributed by atoms with E-state index in [9.17, 15) is 4.79 Å². The highest BCUT2D eigenvalue weighted by atomic mass is 35.5. The highest BCUT2D eigenvalue weighted by Gasteiger charge is 2.30. The van der Waals surface area contributed by atoms with Crippen LogP contribution in [0.3, 0.4) is 0 Å². The Morgan fingerprint density at radius 1 is 1.04 bits per heavy atom. The summed E-state index contributed by atoms with van der Waals surface area (Å²) in [6.07, 6.45) is 0.750. The third-order valence-corrected chi connectivity index (χ3v) is 4.99. The van der Waals surface area contributed by atoms with Crippen LogP contribution in [0.15, 0.2) is 30.3 Å². The zero-order chi connectivity index (χ0) is 18.1. The van der Waals surface area contributed by atoms with Crippen molar-refractivity contribution < 1.29 is 14.3 Å². The number of methoxy groups -OCH3 is 2. The van der Waals surface area contributed by atoms with Crippen LogP contribution < -0.4 is 9.47 Å². The van der Waals surface area contributed by atoms with Crippen molar-refractivity contribution >= 4 is 29.1 Å². The van der Waals surface area contributed by atoms with Gasteiger partial charge in [-0.05, 0) is 54.8 Å². The Kier molecular flexibility index (Phi) is 5.11. The van der Waals surface area contributed by atoms with Crippen LogP contribution in [0, 0.1) is 0 Å². The lowest BCUT2D eigenvalue weighted by atomic mass is 9.92. The lowest BCUT2D eigenvalue weighted by molar-refractivity contribution is 0.0677. The van der Waals surface area contributed by atoms with Crippen LogP contribution in [0.1, 0.15) is 34.5 Å². The molecule has 1 aliphatic heterocycles. The number of ether oxygens (including phenoxy) is 2. The molecule has 4 nitrogen and oxygen atoms in total. The van der Waals surface area contributed by atoms with Crippen molar-refractivity contribution in [2.75, 3.05) is 20.8 Å². The highest BCUT2D eigenvalue weighted by molar-refractivity contribution is 6.35. The summed E-state index contributed by atoms with van der Waals surface area (Å²) in [5, 5.41) is 0.902. The summed E-state index contributed by atoms with van der Waals surface area (Å²) >= 11 is 12.1. The van der Waals surface area contributed by atoms with Gasteiger partial charge in [-0.15, -0.1) is 0 Å². The van der Waals surface area contributed by atoms with Crippen molar-refractivity contribution in [3.63, 3.8) is 0 Å². The van der Waals surface area contributed by atoms with Crippen LogP contribution in [0.25, 0.3) is 0 Å². The zero-order valence-electron chi connectivity index (χ0n) is 14.3. The molecule has 25 heavy (non-hydrogen) atoms. The lowest BCUT2D eigenvalue weighted by Gasteiger charge is -2.36. The van der Waals surface area contributed by atoms with Gasteiger partial charge in [0.15, 0.2) is 11.5 Å². The Balaban J connectivity index is 1.95. The number of amides is 1. The summed E-state index contributed by atoms with van der Waals surface area (Å²) < 4.78 is 10.8. The SMILES string of the molecule is COc1cc2c(cc1OC)[C@@H](C)N(C(=O)c1cc(Cl)cc(Cl)c1)CC2. The lowest BCUT2D eigenvalue weighted by Crippen LogP contribution is -2.38. The summed E-state index contributed by atoms with van der Waals surface area (Å²) in [5.41, 5.74) is 2.72. The molecule has 0 aliphatic carbocycles. The molecule has 0 N–H and O–H groups in total. The Morgan fingerprint density at radius 3 is 2.24 bits per heavy atom. The summed E-state index contributed by atoms with van der Waals surface area (Å²) in [6.45, 7) is 2.63. The molecule has 1 aliphatic rings. The first-order valence-corrected chi connectivity index (χ1v) is 8.72. The second-order valence-corrected chi connectivity index (χ2v) is 6.86. The van der Waals surface area contributed by atoms with Gasteiger partial charge in [0.2, 0.25) is 0 Å². The van der Waals surface area contributed by atoms with Gasteiger partial charge < -0.3 is 14.4 Å². The number of carbonyl (C=O) groups is 1. The van der Waals surface area contributed by atoms with E-state index >= 15 is 0 Å². The predicted octanol–water partition coefficient (Wildman–Crippen LogP) is 4.77. The first kappa shape index (κ1) is 17.9. The molecule has 0 radical (unpaired) electrons. The fraction of sp³-hybridized carbons (Fsp3) is 0.316. The monoisotopic (exact) mass is 379 g/mol. The Labute approximate surface area is 157 Å². The second-order valence-electron chi connectivity index (χ2n) is 5.99. The number of carbonyl (C=O) groups excluding carboxylic acids is 1. The first-order valence-electron chi connectivity index (χ1n) is 7.96. The van der Waals surface area contributed by atoms with Crippen LogP contribution in [-0.4, -0.2) is 31.6 Å². The van der Waals surface area contributed by atoms with Gasteiger partial charge >= 0.3 is 0 Å². The van der Waals surface area contributed by atoms with Gasteiger partial charge in [0.05, 0.1) is 20.3 Å². The average molecular weight is 380 g/mol. The van der Waals surface area contributed by atoms with E-state index in [4.69, 9.17) is 32.7 Å². The smallest absolute Gasteiger partial charge is 0.254 e. The molecule has 0 fully saturated rings. The van der Waals surface area contributed by atoms with Gasteiger partial charge in [-0.2, -0.15) is 0 Å². The van der Waals surface area contributed by atoms with Crippen LogP contribution in [0.5, 0.6) is 11.5 Å². The van der Waals surface area contributed by atoms with E-state index < -0.39 is 0 Å². The molecule has 3 rings (SSSR count). The Hall–Kier alpha value is -1.91. The summed E-state index contributed by atoms with van der Waals surface area (Å²) in [4.78, 5) is 14.8. The number of fused-ring (bicyclic) bond motifs is 1. The minimum atomic E-state index is -0.0891. The minimum Gasteiger partial charge on any atom is -0.493 e. The van der Waals surface area contributed by atoms with Crippen molar-refractivity contribution in [2.45, 2.75) is 19.4 Å². The Morgan fingerprint density at radius 2 is 1.64 bits per heavy atom. The van der Waals surface area contributed by atoms with Crippen LogP contribution in [0.4, 0.5) is 0 Å². The molecule has 0 unspecified atom stereocenters. The standard InChI is InChI=1S/C19H19Cl2NO3/c1-11-16-10-18(25-3)17(24-2)8-12(16)4-5-22(11)19(23)13-6-14(20)9-15(21)7-13/h6-11H,4-5H2,1-3H3/t11-/m1/s1. The third kappa shape index (κ3) is 3.42. The van der Waals surface area contributed by atoms with Crippen molar-refractivity contribution in [2.24, 2.45) is 0 Å². The van der Waals surface area contributed by atoms with Gasteiger partial charge in [-0.1, -0.05) is 23.2 Å². The maximum Gasteiger partial charge on any atom is 0.254 e. The molecule has 132 valence electrons. The molecule has 6 heteroatoms. The van der Waals surface area contributed by atoms with Crippen molar-refractivity contribution in [1.29, 1.82) is 0 Å². The molecule has 0 aromatic heterocycles. The Bertz CT molecular complexity index is 802. The van der Waals surface area contributed by atoms with E-state index in [2.05, 4.69) is 0 Å². The minimum absolute atomic E-state index is 0.0858. The van der Waals surface area contributed by atoms with Gasteiger partial charge in [-0.3, -0.25) is 4.79 Å². The topological polar surface area (TPSA) is 38.8 Å². The molecule has 2 aromatic rings. The molecule has 0 saturated carbocycles. The number of halogens is 2. The quantitative estimate of drug-likeness (QED) is 0.770. The first-order chi connectivity index (χ1) is 11.9. The molecule has 1 heterocycles.